The molecule has 8 heteroatoms. The van der Waals surface area contributed by atoms with Crippen LogP contribution in [0, 0.1) is 10.1 Å². The standard InChI is InChI=1S/C15H12N2O6/c1-23-12-8-3-2-6-10(12)16-14(18)13-9(15(19)20)5-4-7-11(13)17(21)22/h2-8H,1H3,(H,16,18)(H,19,20). The number of carbonyl (C=O) groups is 2. The molecule has 0 fully saturated rings. The molecule has 0 atom stereocenters. The van der Waals surface area contributed by atoms with Gasteiger partial charge >= 0.3 is 5.97 Å². The van der Waals surface area contributed by atoms with Gasteiger partial charge < -0.3 is 15.2 Å². The van der Waals surface area contributed by atoms with Gasteiger partial charge in [0, 0.05) is 6.07 Å². The van der Waals surface area contributed by atoms with Crippen molar-refractivity contribution in [3.63, 3.8) is 0 Å². The quantitative estimate of drug-likeness (QED) is 0.646. The Balaban J connectivity index is 2.50. The maximum Gasteiger partial charge on any atom is 0.336 e. The average molecular weight is 316 g/mol. The number of nitro benzene ring substituents is 1. The lowest BCUT2D eigenvalue weighted by atomic mass is 10.0. The minimum absolute atomic E-state index is 0.273. The van der Waals surface area contributed by atoms with Crippen molar-refractivity contribution in [2.75, 3.05) is 12.4 Å². The molecular formula is C15H12N2O6. The van der Waals surface area contributed by atoms with E-state index in [0.717, 1.165) is 12.1 Å². The van der Waals surface area contributed by atoms with E-state index in [9.17, 15) is 19.7 Å². The Morgan fingerprint density at radius 3 is 2.48 bits per heavy atom. The van der Waals surface area contributed by atoms with Crippen molar-refractivity contribution in [2.45, 2.75) is 0 Å². The summed E-state index contributed by atoms with van der Waals surface area (Å²) in [4.78, 5) is 33.9. The first-order valence-corrected chi connectivity index (χ1v) is 6.40. The summed E-state index contributed by atoms with van der Waals surface area (Å²) in [7, 11) is 1.40. The lowest BCUT2D eigenvalue weighted by Gasteiger charge is -2.11. The van der Waals surface area contributed by atoms with Crippen LogP contribution in [0.5, 0.6) is 5.75 Å². The summed E-state index contributed by atoms with van der Waals surface area (Å²) in [5.74, 6) is -1.99. The predicted octanol–water partition coefficient (Wildman–Crippen LogP) is 2.55. The molecule has 0 aliphatic heterocycles. The number of methoxy groups -OCH3 is 1. The zero-order valence-corrected chi connectivity index (χ0v) is 12.0. The first-order chi connectivity index (χ1) is 11.0. The minimum atomic E-state index is -1.43. The highest BCUT2D eigenvalue weighted by atomic mass is 16.6. The number of benzene rings is 2. The molecule has 0 saturated heterocycles. The minimum Gasteiger partial charge on any atom is -0.495 e. The van der Waals surface area contributed by atoms with Gasteiger partial charge in [0.05, 0.1) is 23.3 Å². The fourth-order valence-electron chi connectivity index (χ4n) is 2.04. The van der Waals surface area contributed by atoms with Crippen molar-refractivity contribution in [3.8, 4) is 5.75 Å². The van der Waals surface area contributed by atoms with Crippen molar-refractivity contribution in [1.82, 2.24) is 0 Å². The summed E-state index contributed by atoms with van der Waals surface area (Å²) in [6.45, 7) is 0. The van der Waals surface area contributed by atoms with Crippen LogP contribution in [0.4, 0.5) is 11.4 Å². The molecule has 118 valence electrons. The topological polar surface area (TPSA) is 119 Å². The maximum absolute atomic E-state index is 12.4. The van der Waals surface area contributed by atoms with E-state index in [1.807, 2.05) is 0 Å². The van der Waals surface area contributed by atoms with E-state index in [4.69, 9.17) is 9.84 Å². The third kappa shape index (κ3) is 3.26. The fourth-order valence-corrected chi connectivity index (χ4v) is 2.04. The van der Waals surface area contributed by atoms with Gasteiger partial charge in [-0.2, -0.15) is 0 Å². The van der Waals surface area contributed by atoms with Gasteiger partial charge in [-0.1, -0.05) is 18.2 Å². The highest BCUT2D eigenvalue weighted by Gasteiger charge is 2.27. The Morgan fingerprint density at radius 1 is 1.17 bits per heavy atom. The Labute approximate surface area is 130 Å². The van der Waals surface area contributed by atoms with Crippen LogP contribution in [0.15, 0.2) is 42.5 Å². The number of anilines is 1. The van der Waals surface area contributed by atoms with Gasteiger partial charge in [0.25, 0.3) is 11.6 Å². The zero-order valence-electron chi connectivity index (χ0n) is 12.0. The number of hydrogen-bond acceptors (Lipinski definition) is 5. The molecule has 2 aromatic rings. The Hall–Kier alpha value is -3.42. The van der Waals surface area contributed by atoms with Gasteiger partial charge in [-0.25, -0.2) is 4.79 Å². The molecule has 8 nitrogen and oxygen atoms in total. The maximum atomic E-state index is 12.4. The largest absolute Gasteiger partial charge is 0.495 e. The second-order valence-electron chi connectivity index (χ2n) is 4.42. The number of nitro groups is 1. The number of carboxylic acids is 1. The lowest BCUT2D eigenvalue weighted by Crippen LogP contribution is -2.18. The number of carboxylic acid groups (broad SMARTS) is 1. The number of hydrogen-bond donors (Lipinski definition) is 2. The summed E-state index contributed by atoms with van der Waals surface area (Å²) in [5.41, 5.74) is -1.28. The molecule has 0 heterocycles. The van der Waals surface area contributed by atoms with Crippen molar-refractivity contribution in [2.24, 2.45) is 0 Å². The average Bonchev–Trinajstić information content (AvgIpc) is 2.54. The SMILES string of the molecule is COc1ccccc1NC(=O)c1c(C(=O)O)cccc1[N+](=O)[O-]. The van der Waals surface area contributed by atoms with E-state index in [2.05, 4.69) is 5.32 Å². The smallest absolute Gasteiger partial charge is 0.336 e. The number of nitrogens with one attached hydrogen (secondary N) is 1. The third-order valence-corrected chi connectivity index (χ3v) is 3.05. The highest BCUT2D eigenvalue weighted by molar-refractivity contribution is 6.13. The molecule has 0 aliphatic carbocycles. The van der Waals surface area contributed by atoms with E-state index in [1.54, 1.807) is 18.2 Å². The number of para-hydroxylation sites is 2. The normalized spacial score (nSPS) is 9.96. The van der Waals surface area contributed by atoms with Crippen molar-refractivity contribution >= 4 is 23.3 Å². The van der Waals surface area contributed by atoms with E-state index < -0.39 is 33.6 Å². The van der Waals surface area contributed by atoms with Crippen LogP contribution in [0.3, 0.4) is 0 Å². The van der Waals surface area contributed by atoms with Crippen LogP contribution in [-0.2, 0) is 0 Å². The van der Waals surface area contributed by atoms with Crippen molar-refractivity contribution in [3.05, 3.63) is 63.7 Å². The van der Waals surface area contributed by atoms with E-state index in [1.165, 1.54) is 19.2 Å². The first-order valence-electron chi connectivity index (χ1n) is 6.40. The number of amides is 1. The first kappa shape index (κ1) is 16.0. The molecule has 2 N–H and O–H groups in total. The highest BCUT2D eigenvalue weighted by Crippen LogP contribution is 2.27. The van der Waals surface area contributed by atoms with Gasteiger partial charge in [0.1, 0.15) is 11.3 Å². The Morgan fingerprint density at radius 2 is 1.87 bits per heavy atom. The van der Waals surface area contributed by atoms with Crippen LogP contribution in [0.2, 0.25) is 0 Å². The fraction of sp³-hybridized carbons (Fsp3) is 0.0667. The molecule has 0 spiro atoms. The van der Waals surface area contributed by atoms with Gasteiger partial charge in [-0.3, -0.25) is 14.9 Å². The van der Waals surface area contributed by atoms with Gasteiger partial charge in [0.15, 0.2) is 0 Å². The van der Waals surface area contributed by atoms with Crippen molar-refractivity contribution < 1.29 is 24.4 Å². The monoisotopic (exact) mass is 316 g/mol. The molecule has 1 amide bonds. The second kappa shape index (κ2) is 6.56. The predicted molar refractivity (Wildman–Crippen MR) is 81.0 cm³/mol. The third-order valence-electron chi connectivity index (χ3n) is 3.05. The van der Waals surface area contributed by atoms with Crippen LogP contribution >= 0.6 is 0 Å². The van der Waals surface area contributed by atoms with E-state index in [0.29, 0.717) is 5.75 Å². The summed E-state index contributed by atoms with van der Waals surface area (Å²) in [6, 6.07) is 9.86. The van der Waals surface area contributed by atoms with Crippen molar-refractivity contribution in [1.29, 1.82) is 0 Å². The van der Waals surface area contributed by atoms with Gasteiger partial charge in [-0.05, 0) is 18.2 Å². The lowest BCUT2D eigenvalue weighted by molar-refractivity contribution is -0.385. The Kier molecular flexibility index (Phi) is 4.55. The summed E-state index contributed by atoms with van der Waals surface area (Å²) in [6.07, 6.45) is 0. The van der Waals surface area contributed by atoms with E-state index >= 15 is 0 Å². The molecule has 0 bridgehead atoms. The summed E-state index contributed by atoms with van der Waals surface area (Å²) < 4.78 is 5.07. The molecular weight excluding hydrogens is 304 g/mol. The number of aromatic carboxylic acids is 1. The van der Waals surface area contributed by atoms with Crippen LogP contribution < -0.4 is 10.1 Å². The second-order valence-corrected chi connectivity index (χ2v) is 4.42. The van der Waals surface area contributed by atoms with Gasteiger partial charge in [-0.15, -0.1) is 0 Å². The van der Waals surface area contributed by atoms with Crippen LogP contribution in [-0.4, -0.2) is 29.0 Å². The molecule has 0 aliphatic rings. The number of ether oxygens (including phenoxy) is 1. The van der Waals surface area contributed by atoms with E-state index in [-0.39, 0.29) is 5.69 Å². The zero-order chi connectivity index (χ0) is 17.0. The molecule has 0 saturated carbocycles. The summed E-state index contributed by atoms with van der Waals surface area (Å²) >= 11 is 0. The summed E-state index contributed by atoms with van der Waals surface area (Å²) in [5, 5.41) is 22.7. The molecule has 23 heavy (non-hydrogen) atoms. The van der Waals surface area contributed by atoms with Crippen LogP contribution in [0.1, 0.15) is 20.7 Å². The molecule has 0 aromatic heterocycles. The molecule has 0 unspecified atom stereocenters. The Bertz CT molecular complexity index is 755. The van der Waals surface area contributed by atoms with Crippen LogP contribution in [0.25, 0.3) is 0 Å². The number of carbonyl (C=O) groups excluding carboxylic acids is 1. The molecule has 0 radical (unpaired) electrons. The molecule has 2 rings (SSSR count). The number of rotatable bonds is 5. The van der Waals surface area contributed by atoms with Gasteiger partial charge in [0.2, 0.25) is 0 Å². The number of nitrogens with zero attached hydrogens (tertiary/aromatic N) is 1. The molecule has 2 aromatic carbocycles.